The Bertz CT molecular complexity index is 915. The number of alkyl halides is 9. The fourth-order valence-corrected chi connectivity index (χ4v) is 3.11. The Labute approximate surface area is 165 Å². The standard InChI is InChI=1S/C12H5Cl2F9O5S/c1-27-8(24)4-2-3-5(13)7(6(4)14)28-29(25,26)12(22,23)10(17,18)9(15,16)11(19,20)21/h2-3H,1H3. The number of esters is 1. The van der Waals surface area contributed by atoms with Crippen LogP contribution in [0.15, 0.2) is 12.1 Å². The van der Waals surface area contributed by atoms with Gasteiger partial charge in [0.1, 0.15) is 5.02 Å². The molecule has 0 atom stereocenters. The molecule has 17 heteroatoms. The SMILES string of the molecule is COC(=O)c1ccc(Cl)c(OS(=O)(=O)C(F)(F)C(F)(F)C(F)(F)C(F)(F)F)c1Cl. The molecule has 166 valence electrons. The molecule has 0 saturated carbocycles. The summed E-state index contributed by atoms with van der Waals surface area (Å²) in [6.45, 7) is 0. The van der Waals surface area contributed by atoms with E-state index in [2.05, 4.69) is 8.92 Å². The van der Waals surface area contributed by atoms with Crippen molar-refractivity contribution in [1.29, 1.82) is 0 Å². The van der Waals surface area contributed by atoms with Crippen LogP contribution in [0.4, 0.5) is 39.5 Å². The molecular formula is C12H5Cl2F9O5S. The Morgan fingerprint density at radius 3 is 1.83 bits per heavy atom. The van der Waals surface area contributed by atoms with E-state index in [0.717, 1.165) is 13.2 Å². The Balaban J connectivity index is 3.57. The lowest BCUT2D eigenvalue weighted by atomic mass is 10.1. The summed E-state index contributed by atoms with van der Waals surface area (Å²) in [5.74, 6) is -18.0. The molecule has 1 aromatic rings. The van der Waals surface area contributed by atoms with Crippen LogP contribution in [-0.4, -0.2) is 44.8 Å². The maximum Gasteiger partial charge on any atom is 0.460 e. The van der Waals surface area contributed by atoms with Crippen molar-refractivity contribution in [2.24, 2.45) is 0 Å². The molecule has 1 aromatic carbocycles. The zero-order valence-corrected chi connectivity index (χ0v) is 15.6. The van der Waals surface area contributed by atoms with Gasteiger partial charge in [0.15, 0.2) is 5.75 Å². The van der Waals surface area contributed by atoms with Gasteiger partial charge in [0.25, 0.3) is 0 Å². The van der Waals surface area contributed by atoms with E-state index in [1.807, 2.05) is 0 Å². The number of ether oxygens (including phenoxy) is 1. The molecule has 0 amide bonds. The first-order valence-electron chi connectivity index (χ1n) is 6.46. The number of carbonyl (C=O) groups excluding carboxylic acids is 1. The van der Waals surface area contributed by atoms with Crippen LogP contribution in [0.3, 0.4) is 0 Å². The fraction of sp³-hybridized carbons (Fsp3) is 0.417. The van der Waals surface area contributed by atoms with Gasteiger partial charge in [0.05, 0.1) is 17.7 Å². The van der Waals surface area contributed by atoms with Crippen LogP contribution in [0, 0.1) is 0 Å². The van der Waals surface area contributed by atoms with E-state index in [0.29, 0.717) is 6.07 Å². The van der Waals surface area contributed by atoms with Gasteiger partial charge in [0.2, 0.25) is 0 Å². The molecular weight excluding hydrogens is 498 g/mol. The molecule has 29 heavy (non-hydrogen) atoms. The van der Waals surface area contributed by atoms with E-state index in [1.165, 1.54) is 0 Å². The summed E-state index contributed by atoms with van der Waals surface area (Å²) in [6.07, 6.45) is -7.25. The van der Waals surface area contributed by atoms with Crippen LogP contribution in [-0.2, 0) is 14.9 Å². The molecule has 0 aliphatic rings. The van der Waals surface area contributed by atoms with Gasteiger partial charge in [-0.1, -0.05) is 23.2 Å². The largest absolute Gasteiger partial charge is 0.465 e. The summed E-state index contributed by atoms with van der Waals surface area (Å²) >= 11 is 10.9. The molecule has 0 N–H and O–H groups in total. The van der Waals surface area contributed by atoms with E-state index < -0.39 is 60.7 Å². The molecule has 1 rings (SSSR count). The number of hydrogen-bond donors (Lipinski definition) is 0. The lowest BCUT2D eigenvalue weighted by molar-refractivity contribution is -0.382. The van der Waals surface area contributed by atoms with Gasteiger partial charge in [-0.25, -0.2) is 4.79 Å². The first-order chi connectivity index (χ1) is 12.8. The van der Waals surface area contributed by atoms with E-state index in [1.54, 1.807) is 0 Å². The summed E-state index contributed by atoms with van der Waals surface area (Å²) < 4.78 is 147. The molecule has 0 fully saturated rings. The molecule has 0 saturated heterocycles. The molecule has 0 aliphatic heterocycles. The molecule has 0 spiro atoms. The molecule has 0 aliphatic carbocycles. The number of methoxy groups -OCH3 is 1. The number of halogens is 11. The van der Waals surface area contributed by atoms with Crippen molar-refractivity contribution in [2.45, 2.75) is 23.3 Å². The third kappa shape index (κ3) is 4.03. The molecule has 5 nitrogen and oxygen atoms in total. The van der Waals surface area contributed by atoms with Crippen LogP contribution in [0.25, 0.3) is 0 Å². The highest BCUT2D eigenvalue weighted by Gasteiger charge is 2.86. The van der Waals surface area contributed by atoms with Crippen LogP contribution in [0.2, 0.25) is 10.0 Å². The van der Waals surface area contributed by atoms with Crippen LogP contribution in [0.5, 0.6) is 5.75 Å². The van der Waals surface area contributed by atoms with Gasteiger partial charge in [-0.2, -0.15) is 47.9 Å². The summed E-state index contributed by atoms with van der Waals surface area (Å²) in [5.41, 5.74) is -0.792. The van der Waals surface area contributed by atoms with Gasteiger partial charge in [0, 0.05) is 0 Å². The van der Waals surface area contributed by atoms with Gasteiger partial charge in [-0.05, 0) is 12.1 Å². The van der Waals surface area contributed by atoms with Gasteiger partial charge in [-0.3, -0.25) is 0 Å². The second-order valence-electron chi connectivity index (χ2n) is 4.93. The molecule has 0 aromatic heterocycles. The maximum absolute atomic E-state index is 13.7. The van der Waals surface area contributed by atoms with Crippen molar-refractivity contribution in [1.82, 2.24) is 0 Å². The third-order valence-corrected chi connectivity index (χ3v) is 5.02. The summed E-state index contributed by atoms with van der Waals surface area (Å²) in [5, 5.41) is -9.34. The number of carbonyl (C=O) groups is 1. The van der Waals surface area contributed by atoms with Gasteiger partial charge < -0.3 is 8.92 Å². The summed E-state index contributed by atoms with van der Waals surface area (Å²) in [7, 11) is -6.50. The van der Waals surface area contributed by atoms with E-state index in [9.17, 15) is 52.7 Å². The third-order valence-electron chi connectivity index (χ3n) is 3.08. The van der Waals surface area contributed by atoms with Crippen molar-refractivity contribution >= 4 is 39.3 Å². The quantitative estimate of drug-likeness (QED) is 0.314. The maximum atomic E-state index is 13.7. The van der Waals surface area contributed by atoms with Crippen LogP contribution >= 0.6 is 23.2 Å². The van der Waals surface area contributed by atoms with E-state index in [-0.39, 0.29) is 0 Å². The van der Waals surface area contributed by atoms with E-state index >= 15 is 0 Å². The predicted molar refractivity (Wildman–Crippen MR) is 78.2 cm³/mol. The predicted octanol–water partition coefficient (Wildman–Crippen LogP) is 4.91. The van der Waals surface area contributed by atoms with Crippen molar-refractivity contribution < 1.29 is 61.6 Å². The number of rotatable bonds is 6. The van der Waals surface area contributed by atoms with Gasteiger partial charge >= 0.3 is 39.4 Å². The second-order valence-corrected chi connectivity index (χ2v) is 7.30. The minimum Gasteiger partial charge on any atom is -0.465 e. The normalized spacial score (nSPS) is 13.9. The summed E-state index contributed by atoms with van der Waals surface area (Å²) in [6, 6.07) is 1.34. The fourth-order valence-electron chi connectivity index (χ4n) is 1.56. The zero-order chi connectivity index (χ0) is 23.2. The molecule has 0 radical (unpaired) electrons. The Morgan fingerprint density at radius 1 is 0.931 bits per heavy atom. The van der Waals surface area contributed by atoms with Gasteiger partial charge in [-0.15, -0.1) is 0 Å². The van der Waals surface area contributed by atoms with Crippen molar-refractivity contribution in [2.75, 3.05) is 7.11 Å². The smallest absolute Gasteiger partial charge is 0.460 e. The topological polar surface area (TPSA) is 69.7 Å². The summed E-state index contributed by atoms with van der Waals surface area (Å²) in [4.78, 5) is 11.4. The second kappa shape index (κ2) is 7.58. The Morgan fingerprint density at radius 2 is 1.41 bits per heavy atom. The Hall–Kier alpha value is -1.61. The minimum atomic E-state index is -7.52. The number of benzene rings is 1. The minimum absolute atomic E-state index is 0.588. The average molecular weight is 503 g/mol. The average Bonchev–Trinajstić information content (AvgIpc) is 2.56. The highest BCUT2D eigenvalue weighted by Crippen LogP contribution is 2.55. The molecule has 0 unspecified atom stereocenters. The first-order valence-corrected chi connectivity index (χ1v) is 8.63. The van der Waals surface area contributed by atoms with Crippen molar-refractivity contribution in [3.8, 4) is 5.75 Å². The van der Waals surface area contributed by atoms with Crippen LogP contribution < -0.4 is 4.18 Å². The lowest BCUT2D eigenvalue weighted by Gasteiger charge is -2.32. The first kappa shape index (κ1) is 25.4. The zero-order valence-electron chi connectivity index (χ0n) is 13.3. The van der Waals surface area contributed by atoms with E-state index in [4.69, 9.17) is 23.2 Å². The van der Waals surface area contributed by atoms with Crippen molar-refractivity contribution in [3.63, 3.8) is 0 Å². The Kier molecular flexibility index (Phi) is 6.64. The number of hydrogen-bond acceptors (Lipinski definition) is 5. The molecule has 0 heterocycles. The highest BCUT2D eigenvalue weighted by molar-refractivity contribution is 7.88. The van der Waals surface area contributed by atoms with Crippen LogP contribution in [0.1, 0.15) is 10.4 Å². The van der Waals surface area contributed by atoms with Crippen molar-refractivity contribution in [3.05, 3.63) is 27.7 Å². The molecule has 0 bridgehead atoms. The monoisotopic (exact) mass is 502 g/mol. The highest BCUT2D eigenvalue weighted by atomic mass is 35.5. The lowest BCUT2D eigenvalue weighted by Crippen LogP contribution is -2.63.